The third kappa shape index (κ3) is 6.36. The number of aromatic nitrogens is 1. The van der Waals surface area contributed by atoms with Crippen molar-refractivity contribution in [2.24, 2.45) is 18.0 Å². The van der Waals surface area contributed by atoms with Crippen LogP contribution in [0.25, 0.3) is 0 Å². The van der Waals surface area contributed by atoms with E-state index in [0.717, 1.165) is 32.1 Å². The molecule has 1 fully saturated rings. The van der Waals surface area contributed by atoms with Crippen LogP contribution in [0.4, 0.5) is 0 Å². The minimum absolute atomic E-state index is 0.570. The molecule has 6 heteroatoms. The molecule has 0 saturated carbocycles. The summed E-state index contributed by atoms with van der Waals surface area (Å²) in [6.45, 7) is 12.9. The molecule has 0 spiro atoms. The minimum atomic E-state index is 0.570. The summed E-state index contributed by atoms with van der Waals surface area (Å²) in [6, 6.07) is 4.25. The molecule has 0 aliphatic carbocycles. The van der Waals surface area contributed by atoms with Crippen LogP contribution in [-0.2, 0) is 13.6 Å². The third-order valence-electron chi connectivity index (χ3n) is 4.87. The Bertz CT molecular complexity index is 530. The van der Waals surface area contributed by atoms with Gasteiger partial charge in [-0.3, -0.25) is 4.99 Å². The van der Waals surface area contributed by atoms with Crippen LogP contribution in [0.2, 0.25) is 0 Å². The van der Waals surface area contributed by atoms with Crippen molar-refractivity contribution in [2.45, 2.75) is 20.4 Å². The first kappa shape index (κ1) is 19.8. The van der Waals surface area contributed by atoms with Crippen LogP contribution < -0.4 is 5.32 Å². The standard InChI is InChI=1S/C19H36N6/c1-6-20-19(24(5)16-18-8-7-9-23(18)4)21-14-17(2)15-25-12-10-22(3)11-13-25/h7-9,17H,6,10-16H2,1-5H3,(H,20,21). The maximum absolute atomic E-state index is 4.89. The molecule has 142 valence electrons. The Morgan fingerprint density at radius 3 is 2.60 bits per heavy atom. The zero-order chi connectivity index (χ0) is 18.2. The number of rotatable bonds is 7. The van der Waals surface area contributed by atoms with E-state index in [1.807, 2.05) is 0 Å². The smallest absolute Gasteiger partial charge is 0.194 e. The lowest BCUT2D eigenvalue weighted by atomic mass is 10.1. The topological polar surface area (TPSA) is 39.0 Å². The van der Waals surface area contributed by atoms with E-state index in [0.29, 0.717) is 5.92 Å². The van der Waals surface area contributed by atoms with E-state index in [-0.39, 0.29) is 0 Å². The molecular weight excluding hydrogens is 312 g/mol. The highest BCUT2D eigenvalue weighted by Crippen LogP contribution is 2.07. The normalized spacial score (nSPS) is 18.4. The zero-order valence-electron chi connectivity index (χ0n) is 16.7. The van der Waals surface area contributed by atoms with Crippen molar-refractivity contribution >= 4 is 5.96 Å². The first-order valence-corrected chi connectivity index (χ1v) is 9.50. The predicted molar refractivity (Wildman–Crippen MR) is 106 cm³/mol. The van der Waals surface area contributed by atoms with Gasteiger partial charge in [-0.15, -0.1) is 0 Å². The maximum atomic E-state index is 4.89. The summed E-state index contributed by atoms with van der Waals surface area (Å²) in [5.74, 6) is 1.56. The number of hydrogen-bond acceptors (Lipinski definition) is 3. The van der Waals surface area contributed by atoms with E-state index >= 15 is 0 Å². The highest BCUT2D eigenvalue weighted by Gasteiger charge is 2.16. The number of nitrogens with one attached hydrogen (secondary N) is 1. The van der Waals surface area contributed by atoms with E-state index < -0.39 is 0 Å². The van der Waals surface area contributed by atoms with Crippen molar-refractivity contribution in [3.8, 4) is 0 Å². The maximum Gasteiger partial charge on any atom is 0.194 e. The second-order valence-corrected chi connectivity index (χ2v) is 7.37. The fraction of sp³-hybridized carbons (Fsp3) is 0.737. The molecule has 0 aromatic carbocycles. The quantitative estimate of drug-likeness (QED) is 0.596. The summed E-state index contributed by atoms with van der Waals surface area (Å²) in [5, 5.41) is 3.43. The number of likely N-dealkylation sites (N-methyl/N-ethyl adjacent to an activating group) is 1. The lowest BCUT2D eigenvalue weighted by Gasteiger charge is -2.33. The number of hydrogen-bond donors (Lipinski definition) is 1. The molecule has 2 rings (SSSR count). The van der Waals surface area contributed by atoms with Crippen LogP contribution in [0, 0.1) is 5.92 Å². The molecular formula is C19H36N6. The van der Waals surface area contributed by atoms with Crippen LogP contribution >= 0.6 is 0 Å². The fourth-order valence-corrected chi connectivity index (χ4v) is 3.22. The van der Waals surface area contributed by atoms with Gasteiger partial charge in [0.25, 0.3) is 0 Å². The van der Waals surface area contributed by atoms with Gasteiger partial charge in [0.2, 0.25) is 0 Å². The van der Waals surface area contributed by atoms with Crippen LogP contribution in [0.5, 0.6) is 0 Å². The number of nitrogens with zero attached hydrogens (tertiary/aromatic N) is 5. The van der Waals surface area contributed by atoms with Gasteiger partial charge in [0, 0.05) is 71.8 Å². The second-order valence-electron chi connectivity index (χ2n) is 7.37. The van der Waals surface area contributed by atoms with Crippen LogP contribution in [0.15, 0.2) is 23.3 Å². The second kappa shape index (κ2) is 9.82. The van der Waals surface area contributed by atoms with Gasteiger partial charge >= 0.3 is 0 Å². The Morgan fingerprint density at radius 1 is 1.28 bits per heavy atom. The average molecular weight is 349 g/mol. The van der Waals surface area contributed by atoms with Crippen molar-refractivity contribution in [3.05, 3.63) is 24.0 Å². The van der Waals surface area contributed by atoms with Crippen molar-refractivity contribution in [2.75, 3.05) is 59.9 Å². The molecule has 1 aliphatic rings. The third-order valence-corrected chi connectivity index (χ3v) is 4.87. The van der Waals surface area contributed by atoms with Crippen LogP contribution in [-0.4, -0.2) is 85.1 Å². The van der Waals surface area contributed by atoms with E-state index in [2.05, 4.69) is 77.9 Å². The van der Waals surface area contributed by atoms with Crippen LogP contribution in [0.3, 0.4) is 0 Å². The Hall–Kier alpha value is -1.53. The monoisotopic (exact) mass is 348 g/mol. The van der Waals surface area contributed by atoms with Gasteiger partial charge in [-0.2, -0.15) is 0 Å². The Morgan fingerprint density at radius 2 is 2.00 bits per heavy atom. The van der Waals surface area contributed by atoms with Gasteiger partial charge in [-0.05, 0) is 32.0 Å². The molecule has 1 aliphatic heterocycles. The molecule has 0 amide bonds. The lowest BCUT2D eigenvalue weighted by molar-refractivity contribution is 0.140. The Labute approximate surface area is 153 Å². The first-order chi connectivity index (χ1) is 12.0. The van der Waals surface area contributed by atoms with E-state index in [4.69, 9.17) is 4.99 Å². The van der Waals surface area contributed by atoms with Gasteiger partial charge in [-0.1, -0.05) is 6.92 Å². The summed E-state index contributed by atoms with van der Waals surface area (Å²) in [4.78, 5) is 12.1. The highest BCUT2D eigenvalue weighted by atomic mass is 15.3. The van der Waals surface area contributed by atoms with Gasteiger partial charge in [-0.25, -0.2) is 0 Å². The number of aryl methyl sites for hydroxylation is 1. The summed E-state index contributed by atoms with van der Waals surface area (Å²) in [7, 11) is 6.40. The minimum Gasteiger partial charge on any atom is -0.357 e. The van der Waals surface area contributed by atoms with Crippen molar-refractivity contribution in [3.63, 3.8) is 0 Å². The predicted octanol–water partition coefficient (Wildman–Crippen LogP) is 1.31. The summed E-state index contributed by atoms with van der Waals surface area (Å²) in [5.41, 5.74) is 1.29. The van der Waals surface area contributed by atoms with Gasteiger partial charge < -0.3 is 24.6 Å². The molecule has 2 heterocycles. The highest BCUT2D eigenvalue weighted by molar-refractivity contribution is 5.79. The summed E-state index contributed by atoms with van der Waals surface area (Å²) >= 11 is 0. The molecule has 1 aromatic rings. The SMILES string of the molecule is CCNC(=NCC(C)CN1CCN(C)CC1)N(C)Cc1cccn1C. The molecule has 1 unspecified atom stereocenters. The molecule has 0 radical (unpaired) electrons. The van der Waals surface area contributed by atoms with Crippen LogP contribution in [0.1, 0.15) is 19.5 Å². The first-order valence-electron chi connectivity index (χ1n) is 9.50. The van der Waals surface area contributed by atoms with Gasteiger partial charge in [0.15, 0.2) is 5.96 Å². The molecule has 0 bridgehead atoms. The summed E-state index contributed by atoms with van der Waals surface area (Å²) < 4.78 is 2.16. The average Bonchev–Trinajstić information content (AvgIpc) is 2.98. The molecule has 1 aromatic heterocycles. The molecule has 1 saturated heterocycles. The Kier molecular flexibility index (Phi) is 7.78. The number of aliphatic imine (C=N–C) groups is 1. The lowest BCUT2D eigenvalue weighted by Crippen LogP contribution is -2.46. The van der Waals surface area contributed by atoms with Gasteiger partial charge in [0.1, 0.15) is 0 Å². The van der Waals surface area contributed by atoms with E-state index in [1.165, 1.54) is 31.9 Å². The number of piperazine rings is 1. The zero-order valence-corrected chi connectivity index (χ0v) is 16.7. The molecule has 1 atom stereocenters. The molecule has 1 N–H and O–H groups in total. The summed E-state index contributed by atoms with van der Waals surface area (Å²) in [6.07, 6.45) is 2.09. The fourth-order valence-electron chi connectivity index (χ4n) is 3.22. The van der Waals surface area contributed by atoms with Crippen molar-refractivity contribution < 1.29 is 0 Å². The van der Waals surface area contributed by atoms with E-state index in [1.54, 1.807) is 0 Å². The van der Waals surface area contributed by atoms with Crippen molar-refractivity contribution in [1.82, 2.24) is 24.6 Å². The molecule has 25 heavy (non-hydrogen) atoms. The Balaban J connectivity index is 1.86. The molecule has 6 nitrogen and oxygen atoms in total. The van der Waals surface area contributed by atoms with E-state index in [9.17, 15) is 0 Å². The van der Waals surface area contributed by atoms with Gasteiger partial charge in [0.05, 0.1) is 6.54 Å². The largest absolute Gasteiger partial charge is 0.357 e. The number of guanidine groups is 1. The van der Waals surface area contributed by atoms with Crippen molar-refractivity contribution in [1.29, 1.82) is 0 Å².